The molecule has 19 heavy (non-hydrogen) atoms. The molecule has 0 saturated heterocycles. The highest BCUT2D eigenvalue weighted by atomic mass is 32.2. The van der Waals surface area contributed by atoms with E-state index in [1.165, 1.54) is 6.07 Å². The fourth-order valence-corrected chi connectivity index (χ4v) is 2.82. The maximum absolute atomic E-state index is 13.5. The molecule has 0 bridgehead atoms. The number of rotatable bonds is 6. The van der Waals surface area contributed by atoms with Crippen LogP contribution in [-0.4, -0.2) is 37.2 Å². The number of carboxylic acids is 1. The lowest BCUT2D eigenvalue weighted by Crippen LogP contribution is -2.41. The zero-order valence-electron chi connectivity index (χ0n) is 10.1. The van der Waals surface area contributed by atoms with Crippen molar-refractivity contribution in [1.29, 1.82) is 0 Å². The number of sulfonamides is 1. The van der Waals surface area contributed by atoms with Gasteiger partial charge in [-0.25, -0.2) is 12.8 Å². The van der Waals surface area contributed by atoms with Crippen molar-refractivity contribution in [2.24, 2.45) is 0 Å². The largest absolute Gasteiger partial charge is 0.480 e. The summed E-state index contributed by atoms with van der Waals surface area (Å²) in [4.78, 5) is 10.2. The molecular weight excluding hydrogens is 277 g/mol. The fraction of sp³-hybridized carbons (Fsp3) is 0.364. The van der Waals surface area contributed by atoms with Gasteiger partial charge in [-0.15, -0.1) is 0 Å². The topological polar surface area (TPSA) is 104 Å². The maximum Gasteiger partial charge on any atom is 0.321 e. The number of halogens is 1. The minimum absolute atomic E-state index is 0.304. The van der Waals surface area contributed by atoms with E-state index in [9.17, 15) is 17.6 Å². The van der Waals surface area contributed by atoms with Gasteiger partial charge in [0, 0.05) is 6.61 Å². The van der Waals surface area contributed by atoms with Crippen LogP contribution in [0.3, 0.4) is 0 Å². The van der Waals surface area contributed by atoms with Gasteiger partial charge in [-0.3, -0.25) is 4.79 Å². The first-order valence-corrected chi connectivity index (χ1v) is 6.88. The van der Waals surface area contributed by atoms with Crippen LogP contribution in [0.2, 0.25) is 0 Å². The lowest BCUT2D eigenvalue weighted by molar-refractivity contribution is -0.139. The quantitative estimate of drug-likeness (QED) is 0.697. The van der Waals surface area contributed by atoms with Crippen molar-refractivity contribution in [2.45, 2.75) is 24.3 Å². The highest BCUT2D eigenvalue weighted by Crippen LogP contribution is 2.16. The lowest BCUT2D eigenvalue weighted by atomic mass is 10.2. The number of hydrogen-bond acceptors (Lipinski definition) is 4. The van der Waals surface area contributed by atoms with Gasteiger partial charge in [-0.2, -0.15) is 4.72 Å². The molecule has 1 rings (SSSR count). The predicted octanol–water partition coefficient (Wildman–Crippen LogP) is 0.248. The molecule has 1 atom stereocenters. The third kappa shape index (κ3) is 3.98. The molecule has 0 aliphatic carbocycles. The average Bonchev–Trinajstić information content (AvgIpc) is 2.31. The van der Waals surface area contributed by atoms with Gasteiger partial charge in [0.25, 0.3) is 0 Å². The van der Waals surface area contributed by atoms with Gasteiger partial charge in [0.1, 0.15) is 16.8 Å². The number of nitrogens with one attached hydrogen (secondary N) is 1. The van der Waals surface area contributed by atoms with Crippen molar-refractivity contribution in [3.8, 4) is 0 Å². The molecule has 3 N–H and O–H groups in total. The van der Waals surface area contributed by atoms with Crippen LogP contribution in [0.5, 0.6) is 0 Å². The van der Waals surface area contributed by atoms with Crippen molar-refractivity contribution >= 4 is 16.0 Å². The monoisotopic (exact) mass is 291 g/mol. The Morgan fingerprint density at radius 1 is 1.47 bits per heavy atom. The van der Waals surface area contributed by atoms with Crippen LogP contribution in [0.1, 0.15) is 12.0 Å². The molecule has 0 amide bonds. The van der Waals surface area contributed by atoms with Crippen molar-refractivity contribution in [3.63, 3.8) is 0 Å². The first-order valence-electron chi connectivity index (χ1n) is 5.40. The molecule has 106 valence electrons. The zero-order valence-corrected chi connectivity index (χ0v) is 10.9. The Bertz CT molecular complexity index is 572. The first kappa shape index (κ1) is 15.5. The summed E-state index contributed by atoms with van der Waals surface area (Å²) in [5.41, 5.74) is 0.524. The van der Waals surface area contributed by atoms with E-state index in [0.29, 0.717) is 5.56 Å². The van der Waals surface area contributed by atoms with Gasteiger partial charge in [0.2, 0.25) is 10.0 Å². The van der Waals surface area contributed by atoms with E-state index in [2.05, 4.69) is 0 Å². The molecule has 0 unspecified atom stereocenters. The number of benzene rings is 1. The van der Waals surface area contributed by atoms with Gasteiger partial charge < -0.3 is 10.2 Å². The van der Waals surface area contributed by atoms with Crippen LogP contribution >= 0.6 is 0 Å². The number of hydrogen-bond donors (Lipinski definition) is 3. The number of aliphatic hydroxyl groups excluding tert-OH is 1. The van der Waals surface area contributed by atoms with Crippen LogP contribution < -0.4 is 4.72 Å². The Kier molecular flexibility index (Phi) is 4.98. The van der Waals surface area contributed by atoms with E-state index in [1.807, 2.05) is 4.72 Å². The van der Waals surface area contributed by atoms with E-state index < -0.39 is 39.4 Å². The van der Waals surface area contributed by atoms with Gasteiger partial charge in [-0.1, -0.05) is 6.07 Å². The second-order valence-electron chi connectivity index (χ2n) is 3.96. The van der Waals surface area contributed by atoms with Crippen LogP contribution in [0, 0.1) is 12.7 Å². The lowest BCUT2D eigenvalue weighted by Gasteiger charge is -2.14. The molecule has 0 aromatic heterocycles. The van der Waals surface area contributed by atoms with Gasteiger partial charge >= 0.3 is 5.97 Å². The summed E-state index contributed by atoms with van der Waals surface area (Å²) in [5, 5.41) is 17.5. The van der Waals surface area contributed by atoms with E-state index in [1.54, 1.807) is 6.92 Å². The number of aryl methyl sites for hydroxylation is 1. The van der Waals surface area contributed by atoms with E-state index >= 15 is 0 Å². The fourth-order valence-electron chi connectivity index (χ4n) is 1.43. The van der Waals surface area contributed by atoms with E-state index in [0.717, 1.165) is 12.1 Å². The minimum Gasteiger partial charge on any atom is -0.480 e. The molecular formula is C11H14FNO5S. The van der Waals surface area contributed by atoms with Crippen LogP contribution in [0.4, 0.5) is 4.39 Å². The van der Waals surface area contributed by atoms with Gasteiger partial charge in [0.15, 0.2) is 0 Å². The number of aliphatic hydroxyl groups is 1. The molecule has 0 saturated carbocycles. The smallest absolute Gasteiger partial charge is 0.321 e. The van der Waals surface area contributed by atoms with Crippen LogP contribution in [0.25, 0.3) is 0 Å². The summed E-state index contributed by atoms with van der Waals surface area (Å²) in [6.07, 6.45) is -0.304. The summed E-state index contributed by atoms with van der Waals surface area (Å²) in [7, 11) is -4.30. The minimum atomic E-state index is -4.30. The Balaban J connectivity index is 3.10. The van der Waals surface area contributed by atoms with Gasteiger partial charge in [-0.05, 0) is 31.0 Å². The molecule has 0 fully saturated rings. The Hall–Kier alpha value is -1.51. The summed E-state index contributed by atoms with van der Waals surface area (Å²) in [6, 6.07) is 1.99. The SMILES string of the molecule is Cc1ccc(F)c(S(=O)(=O)N[C@@H](CCO)C(=O)O)c1. The third-order valence-electron chi connectivity index (χ3n) is 2.39. The maximum atomic E-state index is 13.5. The Labute approximate surface area is 109 Å². The standard InChI is InChI=1S/C11H14FNO5S/c1-7-2-3-8(12)10(6-7)19(17,18)13-9(4-5-14)11(15)16/h2-3,6,9,13-14H,4-5H2,1H3,(H,15,16)/t9-/m0/s1. The van der Waals surface area contributed by atoms with Crippen molar-refractivity contribution < 1.29 is 27.8 Å². The molecule has 6 nitrogen and oxygen atoms in total. The highest BCUT2D eigenvalue weighted by Gasteiger charge is 2.27. The molecule has 8 heteroatoms. The highest BCUT2D eigenvalue weighted by molar-refractivity contribution is 7.89. The number of carboxylic acid groups (broad SMARTS) is 1. The zero-order chi connectivity index (χ0) is 14.6. The van der Waals surface area contributed by atoms with Crippen LogP contribution in [-0.2, 0) is 14.8 Å². The van der Waals surface area contributed by atoms with E-state index in [4.69, 9.17) is 10.2 Å². The van der Waals surface area contributed by atoms with Gasteiger partial charge in [0.05, 0.1) is 0 Å². The summed E-state index contributed by atoms with van der Waals surface area (Å²) < 4.78 is 39.1. The Morgan fingerprint density at radius 3 is 2.63 bits per heavy atom. The number of carbonyl (C=O) groups is 1. The average molecular weight is 291 g/mol. The predicted molar refractivity (Wildman–Crippen MR) is 64.6 cm³/mol. The van der Waals surface area contributed by atoms with E-state index in [-0.39, 0.29) is 6.42 Å². The van der Waals surface area contributed by atoms with Crippen molar-refractivity contribution in [2.75, 3.05) is 6.61 Å². The summed E-state index contributed by atoms with van der Waals surface area (Å²) >= 11 is 0. The first-order chi connectivity index (χ1) is 8.77. The number of aliphatic carboxylic acids is 1. The van der Waals surface area contributed by atoms with Crippen molar-refractivity contribution in [1.82, 2.24) is 4.72 Å². The Morgan fingerprint density at radius 2 is 2.11 bits per heavy atom. The molecule has 1 aromatic carbocycles. The molecule has 0 aliphatic rings. The molecule has 0 radical (unpaired) electrons. The summed E-state index contributed by atoms with van der Waals surface area (Å²) in [5.74, 6) is -2.41. The second kappa shape index (κ2) is 6.09. The van der Waals surface area contributed by atoms with Crippen molar-refractivity contribution in [3.05, 3.63) is 29.6 Å². The summed E-state index contributed by atoms with van der Waals surface area (Å²) in [6.45, 7) is 1.08. The third-order valence-corrected chi connectivity index (χ3v) is 3.88. The van der Waals surface area contributed by atoms with Crippen LogP contribution in [0.15, 0.2) is 23.1 Å². The molecule has 0 heterocycles. The molecule has 0 aliphatic heterocycles. The molecule has 1 aromatic rings. The normalized spacial score (nSPS) is 13.2. The second-order valence-corrected chi connectivity index (χ2v) is 5.64. The molecule has 0 spiro atoms.